The first-order chi connectivity index (χ1) is 14.5. The molecule has 0 radical (unpaired) electrons. The lowest BCUT2D eigenvalue weighted by atomic mass is 9.78. The minimum absolute atomic E-state index is 0.122. The summed E-state index contributed by atoms with van der Waals surface area (Å²) in [5, 5.41) is 0. The van der Waals surface area contributed by atoms with E-state index in [2.05, 4.69) is 29.3 Å². The smallest absolute Gasteiger partial charge is 0.261 e. The molecule has 170 valence electrons. The number of para-hydroxylation sites is 2. The van der Waals surface area contributed by atoms with E-state index < -0.39 is 19.7 Å². The minimum Gasteiger partial charge on any atom is -0.370 e. The highest BCUT2D eigenvalue weighted by atomic mass is 32.2. The highest BCUT2D eigenvalue weighted by molar-refractivity contribution is 7.98. The van der Waals surface area contributed by atoms with Gasteiger partial charge in [-0.3, -0.25) is 4.72 Å². The standard InChI is InChI=1S/C23H33N3O3S2/c1-6-23(2)15-17-26(18-16-23)22-10-8-7-9-21(22)24-31(28,29)20-13-11-19(12-14-20)30(5,27)25(3)4/h7-14,24H,5-6,15-18H2,1-4H3. The Morgan fingerprint density at radius 1 is 1.00 bits per heavy atom. The molecule has 1 atom stereocenters. The van der Waals surface area contributed by atoms with E-state index in [1.54, 1.807) is 32.3 Å². The third-order valence-corrected chi connectivity index (χ3v) is 9.98. The molecule has 3 rings (SSSR count). The first-order valence-corrected chi connectivity index (χ1v) is 13.7. The molecule has 0 saturated carbocycles. The molecule has 1 aliphatic heterocycles. The van der Waals surface area contributed by atoms with E-state index in [4.69, 9.17) is 0 Å². The second-order valence-corrected chi connectivity index (χ2v) is 12.9. The molecule has 0 aromatic heterocycles. The molecule has 8 heteroatoms. The van der Waals surface area contributed by atoms with Crippen LogP contribution in [0.1, 0.15) is 33.1 Å². The predicted octanol–water partition coefficient (Wildman–Crippen LogP) is 4.06. The van der Waals surface area contributed by atoms with Crippen LogP contribution in [0.2, 0.25) is 0 Å². The van der Waals surface area contributed by atoms with Gasteiger partial charge in [0.1, 0.15) is 0 Å². The van der Waals surface area contributed by atoms with Crippen molar-refractivity contribution in [3.63, 3.8) is 0 Å². The van der Waals surface area contributed by atoms with Gasteiger partial charge in [-0.2, -0.15) is 0 Å². The Balaban J connectivity index is 1.83. The van der Waals surface area contributed by atoms with E-state index in [-0.39, 0.29) is 4.90 Å². The summed E-state index contributed by atoms with van der Waals surface area (Å²) in [7, 11) is -3.04. The quantitative estimate of drug-likeness (QED) is 0.629. The van der Waals surface area contributed by atoms with Crippen LogP contribution in [-0.2, 0) is 19.7 Å². The largest absolute Gasteiger partial charge is 0.370 e. The van der Waals surface area contributed by atoms with E-state index in [1.165, 1.54) is 16.4 Å². The fraction of sp³-hybridized carbons (Fsp3) is 0.435. The molecule has 1 N–H and O–H groups in total. The molecular weight excluding hydrogens is 430 g/mol. The van der Waals surface area contributed by atoms with Crippen LogP contribution < -0.4 is 9.62 Å². The third-order valence-electron chi connectivity index (χ3n) is 6.41. The third kappa shape index (κ3) is 5.07. The molecule has 1 unspecified atom stereocenters. The summed E-state index contributed by atoms with van der Waals surface area (Å²) >= 11 is 0. The number of nitrogens with one attached hydrogen (secondary N) is 1. The Kier molecular flexibility index (Phi) is 6.74. The maximum atomic E-state index is 13.1. The van der Waals surface area contributed by atoms with E-state index >= 15 is 0 Å². The molecular formula is C23H33N3O3S2. The molecule has 0 bridgehead atoms. The molecule has 1 saturated heterocycles. The molecule has 1 heterocycles. The first-order valence-electron chi connectivity index (χ1n) is 10.5. The average Bonchev–Trinajstić information content (AvgIpc) is 2.74. The lowest BCUT2D eigenvalue weighted by Crippen LogP contribution is -2.38. The van der Waals surface area contributed by atoms with Crippen molar-refractivity contribution in [2.24, 2.45) is 5.41 Å². The SMILES string of the molecule is C=S(=O)(c1ccc(S(=O)(=O)Nc2ccccc2N2CCC(C)(CC)CC2)cc1)N(C)C. The van der Waals surface area contributed by atoms with Gasteiger partial charge < -0.3 is 4.90 Å². The second kappa shape index (κ2) is 8.84. The highest BCUT2D eigenvalue weighted by Crippen LogP contribution is 2.38. The van der Waals surface area contributed by atoms with E-state index in [0.29, 0.717) is 16.0 Å². The van der Waals surface area contributed by atoms with Gasteiger partial charge >= 0.3 is 0 Å². The number of nitrogens with zero attached hydrogens (tertiary/aromatic N) is 2. The molecule has 2 aromatic rings. The number of rotatable bonds is 7. The van der Waals surface area contributed by atoms with Crippen LogP contribution >= 0.6 is 0 Å². The summed E-state index contributed by atoms with van der Waals surface area (Å²) in [4.78, 5) is 2.87. The van der Waals surface area contributed by atoms with Crippen molar-refractivity contribution >= 4 is 37.0 Å². The van der Waals surface area contributed by atoms with Crippen LogP contribution in [0, 0.1) is 5.41 Å². The van der Waals surface area contributed by atoms with Crippen LogP contribution in [0.5, 0.6) is 0 Å². The van der Waals surface area contributed by atoms with Gasteiger partial charge in [-0.05, 0) is 74.6 Å². The fourth-order valence-corrected chi connectivity index (χ4v) is 5.78. The zero-order chi connectivity index (χ0) is 22.9. The van der Waals surface area contributed by atoms with Crippen LogP contribution in [-0.4, -0.2) is 50.0 Å². The molecule has 6 nitrogen and oxygen atoms in total. The molecule has 1 aliphatic rings. The average molecular weight is 464 g/mol. The summed E-state index contributed by atoms with van der Waals surface area (Å²) in [6.45, 7) is 6.36. The molecule has 0 aliphatic carbocycles. The van der Waals surface area contributed by atoms with Crippen LogP contribution in [0.4, 0.5) is 11.4 Å². The first kappa shape index (κ1) is 23.6. The molecule has 2 aromatic carbocycles. The van der Waals surface area contributed by atoms with Crippen molar-refractivity contribution in [2.75, 3.05) is 36.8 Å². The summed E-state index contributed by atoms with van der Waals surface area (Å²) in [5.74, 6) is 3.76. The monoisotopic (exact) mass is 463 g/mol. The van der Waals surface area contributed by atoms with E-state index in [1.807, 2.05) is 18.2 Å². The van der Waals surface area contributed by atoms with E-state index in [0.717, 1.165) is 38.0 Å². The Bertz CT molecular complexity index is 1120. The molecule has 0 spiro atoms. The number of benzene rings is 2. The van der Waals surface area contributed by atoms with Gasteiger partial charge in [0.05, 0.1) is 26.0 Å². The number of piperidine rings is 1. The van der Waals surface area contributed by atoms with Crippen LogP contribution in [0.3, 0.4) is 0 Å². The predicted molar refractivity (Wildman–Crippen MR) is 131 cm³/mol. The summed E-state index contributed by atoms with van der Waals surface area (Å²) < 4.78 is 43.1. The summed E-state index contributed by atoms with van der Waals surface area (Å²) in [6.07, 6.45) is 3.32. The lowest BCUT2D eigenvalue weighted by molar-refractivity contribution is 0.238. The van der Waals surface area contributed by atoms with Gasteiger partial charge in [-0.1, -0.05) is 32.4 Å². The molecule has 31 heavy (non-hydrogen) atoms. The Morgan fingerprint density at radius 2 is 1.55 bits per heavy atom. The van der Waals surface area contributed by atoms with Gasteiger partial charge in [-0.25, -0.2) is 16.9 Å². The zero-order valence-corrected chi connectivity index (χ0v) is 20.4. The number of sulfonamides is 1. The number of hydrogen-bond acceptors (Lipinski definition) is 4. The van der Waals surface area contributed by atoms with Crippen molar-refractivity contribution in [1.82, 2.24) is 4.31 Å². The van der Waals surface area contributed by atoms with Crippen molar-refractivity contribution in [2.45, 2.75) is 42.9 Å². The van der Waals surface area contributed by atoms with Gasteiger partial charge in [0.15, 0.2) is 0 Å². The number of anilines is 2. The summed E-state index contributed by atoms with van der Waals surface area (Å²) in [5.41, 5.74) is 1.82. The minimum atomic E-state index is -3.79. The van der Waals surface area contributed by atoms with Crippen LogP contribution in [0.15, 0.2) is 58.3 Å². The second-order valence-electron chi connectivity index (χ2n) is 8.70. The zero-order valence-electron chi connectivity index (χ0n) is 18.8. The Hall–Kier alpha value is -2.03. The normalized spacial score (nSPS) is 18.5. The lowest BCUT2D eigenvalue weighted by Gasteiger charge is -2.40. The van der Waals surface area contributed by atoms with Gasteiger partial charge in [-0.15, -0.1) is 0 Å². The van der Waals surface area contributed by atoms with Gasteiger partial charge in [0, 0.05) is 18.0 Å². The summed E-state index contributed by atoms with van der Waals surface area (Å²) in [6, 6.07) is 13.6. The van der Waals surface area contributed by atoms with Gasteiger partial charge in [0.25, 0.3) is 10.0 Å². The maximum absolute atomic E-state index is 13.1. The van der Waals surface area contributed by atoms with Crippen molar-refractivity contribution in [3.05, 3.63) is 48.5 Å². The fourth-order valence-electron chi connectivity index (χ4n) is 3.72. The van der Waals surface area contributed by atoms with Crippen molar-refractivity contribution in [1.29, 1.82) is 0 Å². The van der Waals surface area contributed by atoms with Crippen LogP contribution in [0.25, 0.3) is 0 Å². The van der Waals surface area contributed by atoms with Crippen molar-refractivity contribution in [3.8, 4) is 0 Å². The van der Waals surface area contributed by atoms with Crippen molar-refractivity contribution < 1.29 is 12.6 Å². The topological polar surface area (TPSA) is 69.7 Å². The maximum Gasteiger partial charge on any atom is 0.261 e. The highest BCUT2D eigenvalue weighted by Gasteiger charge is 2.29. The molecule has 1 fully saturated rings. The number of hydrogen-bond donors (Lipinski definition) is 1. The van der Waals surface area contributed by atoms with Gasteiger partial charge in [0.2, 0.25) is 0 Å². The van der Waals surface area contributed by atoms with E-state index in [9.17, 15) is 12.6 Å². The molecule has 0 amide bonds. The Labute approximate surface area is 187 Å². The Morgan fingerprint density at radius 3 is 2.10 bits per heavy atom.